The van der Waals surface area contributed by atoms with Crippen molar-refractivity contribution in [3.05, 3.63) is 66.0 Å². The predicted molar refractivity (Wildman–Crippen MR) is 109 cm³/mol. The molecule has 0 spiro atoms. The van der Waals surface area contributed by atoms with Crippen molar-refractivity contribution in [1.29, 1.82) is 0 Å². The zero-order valence-electron chi connectivity index (χ0n) is 16.7. The Balaban J connectivity index is 1.94. The number of carbonyl (C=O) groups is 2. The lowest BCUT2D eigenvalue weighted by Gasteiger charge is -2.33. The predicted octanol–water partition coefficient (Wildman–Crippen LogP) is 2.79. The summed E-state index contributed by atoms with van der Waals surface area (Å²) in [5.74, 6) is -0.730. The normalized spacial score (nSPS) is 13.9. The third kappa shape index (κ3) is 6.96. The van der Waals surface area contributed by atoms with Gasteiger partial charge in [-0.25, -0.2) is 5.48 Å². The van der Waals surface area contributed by atoms with E-state index in [2.05, 4.69) is 10.3 Å². The van der Waals surface area contributed by atoms with Gasteiger partial charge in [-0.15, -0.1) is 0 Å². The molecule has 2 amide bonds. The van der Waals surface area contributed by atoms with Crippen molar-refractivity contribution in [2.24, 2.45) is 5.92 Å². The summed E-state index contributed by atoms with van der Waals surface area (Å²) < 4.78 is 0. The highest BCUT2D eigenvalue weighted by molar-refractivity contribution is 5.94. The monoisotopic (exact) mass is 399 g/mol. The van der Waals surface area contributed by atoms with Crippen molar-refractivity contribution in [3.63, 3.8) is 0 Å². The summed E-state index contributed by atoms with van der Waals surface area (Å²) in [6.07, 6.45) is 4.26. The molecule has 2 atom stereocenters. The number of hydrogen-bond donors (Lipinski definition) is 4. The molecule has 0 saturated heterocycles. The van der Waals surface area contributed by atoms with Gasteiger partial charge in [0.2, 0.25) is 5.91 Å². The van der Waals surface area contributed by atoms with E-state index in [0.717, 1.165) is 0 Å². The second-order valence-electron chi connectivity index (χ2n) is 7.25. The molecule has 4 N–H and O–H groups in total. The number of aliphatic hydroxyl groups is 1. The van der Waals surface area contributed by atoms with Gasteiger partial charge in [0.15, 0.2) is 0 Å². The van der Waals surface area contributed by atoms with Gasteiger partial charge in [-0.1, -0.05) is 24.3 Å². The molecule has 0 aliphatic rings. The second kappa shape index (κ2) is 11.3. The zero-order chi connectivity index (χ0) is 21.1. The lowest BCUT2D eigenvalue weighted by atomic mass is 9.79. The lowest BCUT2D eigenvalue weighted by molar-refractivity contribution is -0.129. The Bertz CT molecular complexity index is 766. The van der Waals surface area contributed by atoms with E-state index < -0.39 is 11.5 Å². The van der Waals surface area contributed by atoms with Crippen molar-refractivity contribution in [3.8, 4) is 0 Å². The highest BCUT2D eigenvalue weighted by Crippen LogP contribution is 2.34. The highest BCUT2D eigenvalue weighted by Gasteiger charge is 2.34. The maximum atomic E-state index is 12.1. The quantitative estimate of drug-likeness (QED) is 0.264. The van der Waals surface area contributed by atoms with E-state index in [9.17, 15) is 14.7 Å². The highest BCUT2D eigenvalue weighted by atomic mass is 16.5. The number of hydrogen-bond acceptors (Lipinski definition) is 5. The molecular formula is C22H29N3O4. The van der Waals surface area contributed by atoms with E-state index in [1.165, 1.54) is 0 Å². The third-order valence-corrected chi connectivity index (χ3v) is 5.11. The van der Waals surface area contributed by atoms with E-state index in [0.29, 0.717) is 43.5 Å². The van der Waals surface area contributed by atoms with Gasteiger partial charge in [0, 0.05) is 24.7 Å². The fourth-order valence-electron chi connectivity index (χ4n) is 3.38. The SMILES string of the molecule is CC(O)(c1ccccn1)C(CCCNC(=O)c1ccccc1)CCCC(=O)NO. The average molecular weight is 399 g/mol. The number of aromatic nitrogens is 1. The number of rotatable bonds is 11. The first-order valence-corrected chi connectivity index (χ1v) is 9.85. The van der Waals surface area contributed by atoms with Crippen molar-refractivity contribution < 1.29 is 19.9 Å². The Labute approximate surface area is 171 Å². The van der Waals surface area contributed by atoms with Gasteiger partial charge in [0.25, 0.3) is 5.91 Å². The van der Waals surface area contributed by atoms with Gasteiger partial charge in [0.05, 0.1) is 5.69 Å². The molecule has 0 saturated carbocycles. The van der Waals surface area contributed by atoms with Gasteiger partial charge in [0.1, 0.15) is 5.60 Å². The van der Waals surface area contributed by atoms with Gasteiger partial charge in [-0.3, -0.25) is 19.8 Å². The number of nitrogens with zero attached hydrogens (tertiary/aromatic N) is 1. The van der Waals surface area contributed by atoms with Crippen molar-refractivity contribution >= 4 is 11.8 Å². The fourth-order valence-corrected chi connectivity index (χ4v) is 3.38. The number of nitrogens with one attached hydrogen (secondary N) is 2. The maximum Gasteiger partial charge on any atom is 0.251 e. The van der Waals surface area contributed by atoms with Crippen molar-refractivity contribution in [2.45, 2.75) is 44.6 Å². The zero-order valence-corrected chi connectivity index (χ0v) is 16.7. The van der Waals surface area contributed by atoms with Crippen molar-refractivity contribution in [2.75, 3.05) is 6.54 Å². The molecule has 0 radical (unpaired) electrons. The summed E-state index contributed by atoms with van der Waals surface area (Å²) in [5.41, 5.74) is 1.65. The summed E-state index contributed by atoms with van der Waals surface area (Å²) >= 11 is 0. The van der Waals surface area contributed by atoms with Crippen LogP contribution >= 0.6 is 0 Å². The molecule has 29 heavy (non-hydrogen) atoms. The van der Waals surface area contributed by atoms with Gasteiger partial charge >= 0.3 is 0 Å². The van der Waals surface area contributed by atoms with E-state index in [4.69, 9.17) is 5.21 Å². The summed E-state index contributed by atoms with van der Waals surface area (Å²) in [6, 6.07) is 14.4. The molecule has 156 valence electrons. The Kier molecular flexibility index (Phi) is 8.76. The van der Waals surface area contributed by atoms with Gasteiger partial charge < -0.3 is 10.4 Å². The van der Waals surface area contributed by atoms with Crippen LogP contribution in [0.3, 0.4) is 0 Å². The Morgan fingerprint density at radius 2 is 1.76 bits per heavy atom. The van der Waals surface area contributed by atoms with Crippen LogP contribution in [0.1, 0.15) is 55.1 Å². The fraction of sp³-hybridized carbons (Fsp3) is 0.409. The number of hydroxylamine groups is 1. The van der Waals surface area contributed by atoms with Gasteiger partial charge in [-0.05, 0) is 62.8 Å². The Morgan fingerprint density at radius 1 is 1.07 bits per heavy atom. The van der Waals surface area contributed by atoms with E-state index >= 15 is 0 Å². The van der Waals surface area contributed by atoms with Gasteiger partial charge in [-0.2, -0.15) is 0 Å². The first-order chi connectivity index (χ1) is 13.9. The van der Waals surface area contributed by atoms with Crippen molar-refractivity contribution in [1.82, 2.24) is 15.8 Å². The molecule has 1 aromatic heterocycles. The molecule has 0 aliphatic carbocycles. The molecule has 2 aromatic rings. The van der Waals surface area contributed by atoms with Crippen LogP contribution in [0.4, 0.5) is 0 Å². The van der Waals surface area contributed by atoms with E-state index in [-0.39, 0.29) is 18.2 Å². The minimum Gasteiger partial charge on any atom is -0.384 e. The van der Waals surface area contributed by atoms with Crippen LogP contribution in [-0.2, 0) is 10.4 Å². The molecule has 1 heterocycles. The molecule has 0 fully saturated rings. The second-order valence-corrected chi connectivity index (χ2v) is 7.25. The maximum absolute atomic E-state index is 12.1. The van der Waals surface area contributed by atoms with Crippen LogP contribution < -0.4 is 10.8 Å². The molecule has 1 aromatic carbocycles. The molecule has 7 heteroatoms. The topological polar surface area (TPSA) is 112 Å². The Hall–Kier alpha value is -2.77. The first kappa shape index (κ1) is 22.5. The summed E-state index contributed by atoms with van der Waals surface area (Å²) in [5, 5.41) is 22.7. The molecule has 7 nitrogen and oxygen atoms in total. The van der Waals surface area contributed by atoms with Crippen LogP contribution in [0, 0.1) is 5.92 Å². The first-order valence-electron chi connectivity index (χ1n) is 9.85. The molecular weight excluding hydrogens is 370 g/mol. The third-order valence-electron chi connectivity index (χ3n) is 5.11. The van der Waals surface area contributed by atoms with Crippen LogP contribution in [0.2, 0.25) is 0 Å². The van der Waals surface area contributed by atoms with E-state index in [1.54, 1.807) is 42.9 Å². The summed E-state index contributed by atoms with van der Waals surface area (Å²) in [7, 11) is 0. The molecule has 0 aliphatic heterocycles. The molecule has 2 rings (SSSR count). The van der Waals surface area contributed by atoms with Crippen LogP contribution in [0.15, 0.2) is 54.7 Å². The number of benzene rings is 1. The summed E-state index contributed by atoms with van der Waals surface area (Å²) in [6.45, 7) is 2.22. The summed E-state index contributed by atoms with van der Waals surface area (Å²) in [4.78, 5) is 27.7. The smallest absolute Gasteiger partial charge is 0.251 e. The van der Waals surface area contributed by atoms with Crippen LogP contribution in [0.25, 0.3) is 0 Å². The standard InChI is InChI=1S/C22H29N3O4/c1-22(28,19-13-5-6-15-23-19)18(11-7-14-20(26)25-29)12-8-16-24-21(27)17-9-3-2-4-10-17/h2-6,9-10,13,15,18,28-29H,7-8,11-12,14,16H2,1H3,(H,24,27)(H,25,26). The minimum atomic E-state index is -1.17. The van der Waals surface area contributed by atoms with Crippen LogP contribution in [0.5, 0.6) is 0 Å². The number of carbonyl (C=O) groups excluding carboxylic acids is 2. The molecule has 2 unspecified atom stereocenters. The Morgan fingerprint density at radius 3 is 2.41 bits per heavy atom. The largest absolute Gasteiger partial charge is 0.384 e. The number of amides is 2. The molecule has 0 bridgehead atoms. The lowest BCUT2D eigenvalue weighted by Crippen LogP contribution is -2.34. The number of pyridine rings is 1. The minimum absolute atomic E-state index is 0.127. The van der Waals surface area contributed by atoms with Crippen LogP contribution in [-0.4, -0.2) is 33.7 Å². The van der Waals surface area contributed by atoms with E-state index in [1.807, 2.05) is 24.3 Å². The average Bonchev–Trinajstić information content (AvgIpc) is 2.76.